The molecule has 1 aromatic carbocycles. The molecule has 3 heterocycles. The molecule has 0 aromatic heterocycles. The maximum absolute atomic E-state index is 13.1. The van der Waals surface area contributed by atoms with Gasteiger partial charge < -0.3 is 20.0 Å². The van der Waals surface area contributed by atoms with E-state index in [-0.39, 0.29) is 29.2 Å². The second-order valence-corrected chi connectivity index (χ2v) is 11.6. The molecule has 1 aromatic rings. The number of carbonyl (C=O) groups excluding carboxylic acids is 3. The number of piperidine rings is 1. The van der Waals surface area contributed by atoms with Crippen LogP contribution in [0.3, 0.4) is 0 Å². The highest BCUT2D eigenvalue weighted by molar-refractivity contribution is 6.30. The van der Waals surface area contributed by atoms with Crippen molar-refractivity contribution >= 4 is 35.0 Å². The molecule has 0 aliphatic carbocycles. The van der Waals surface area contributed by atoms with Gasteiger partial charge in [0.1, 0.15) is 5.54 Å². The standard InChI is InChI=1S/C27H40ClN5O3/c1-20(34)30(4)26(2,3)25(36)33-12-9-27(10-13-33)19-22(29-24(27)35)8-11-31-14-16-32(17-15-31)23-7-5-6-21(28)18-23/h5-7,18,22H,8-17,19H2,1-4H3,(H,29,35)/t22-/m0/s1. The minimum atomic E-state index is -0.895. The Hall–Kier alpha value is -2.32. The quantitative estimate of drug-likeness (QED) is 0.627. The number of likely N-dealkylation sites (N-methyl/N-ethyl adjacent to an activating group) is 1. The monoisotopic (exact) mass is 517 g/mol. The molecule has 0 radical (unpaired) electrons. The molecule has 3 saturated heterocycles. The van der Waals surface area contributed by atoms with E-state index < -0.39 is 5.54 Å². The second kappa shape index (κ2) is 10.6. The number of halogens is 1. The third-order valence-electron chi connectivity index (χ3n) is 8.64. The van der Waals surface area contributed by atoms with Gasteiger partial charge >= 0.3 is 0 Å². The van der Waals surface area contributed by atoms with Gasteiger partial charge in [-0.05, 0) is 57.7 Å². The molecule has 1 atom stereocenters. The average Bonchev–Trinajstić information content (AvgIpc) is 3.16. The molecule has 4 rings (SSSR count). The lowest BCUT2D eigenvalue weighted by Gasteiger charge is -2.43. The van der Waals surface area contributed by atoms with Gasteiger partial charge in [-0.1, -0.05) is 17.7 Å². The molecule has 3 amide bonds. The number of piperazine rings is 1. The second-order valence-electron chi connectivity index (χ2n) is 11.2. The SMILES string of the molecule is CC(=O)N(C)C(C)(C)C(=O)N1CCC2(CC1)C[C@H](CCN1CCN(c3cccc(Cl)c3)CC1)NC2=O. The normalized spacial score (nSPS) is 22.6. The molecule has 0 bridgehead atoms. The van der Waals surface area contributed by atoms with Gasteiger partial charge in [0.25, 0.3) is 0 Å². The van der Waals surface area contributed by atoms with Crippen LogP contribution in [0.25, 0.3) is 0 Å². The first-order valence-corrected chi connectivity index (χ1v) is 13.5. The van der Waals surface area contributed by atoms with E-state index in [4.69, 9.17) is 11.6 Å². The summed E-state index contributed by atoms with van der Waals surface area (Å²) in [6.07, 6.45) is 3.15. The van der Waals surface area contributed by atoms with E-state index in [9.17, 15) is 14.4 Å². The number of amides is 3. The first kappa shape index (κ1) is 26.7. The number of hydrogen-bond donors (Lipinski definition) is 1. The molecule has 9 heteroatoms. The van der Waals surface area contributed by atoms with Gasteiger partial charge in [0.05, 0.1) is 5.41 Å². The topological polar surface area (TPSA) is 76.2 Å². The van der Waals surface area contributed by atoms with Gasteiger partial charge in [0.2, 0.25) is 17.7 Å². The zero-order valence-electron chi connectivity index (χ0n) is 22.1. The Kier molecular flexibility index (Phi) is 7.86. The Morgan fingerprint density at radius 2 is 1.81 bits per heavy atom. The largest absolute Gasteiger partial charge is 0.369 e. The van der Waals surface area contributed by atoms with Crippen LogP contribution in [0.4, 0.5) is 5.69 Å². The summed E-state index contributed by atoms with van der Waals surface area (Å²) >= 11 is 6.15. The minimum absolute atomic E-state index is 0.0538. The molecule has 8 nitrogen and oxygen atoms in total. The zero-order chi connectivity index (χ0) is 26.1. The van der Waals surface area contributed by atoms with E-state index in [0.717, 1.165) is 50.6 Å². The fourth-order valence-electron chi connectivity index (χ4n) is 5.86. The summed E-state index contributed by atoms with van der Waals surface area (Å²) in [5.41, 5.74) is -0.0926. The van der Waals surface area contributed by atoms with E-state index in [2.05, 4.69) is 21.2 Å². The maximum Gasteiger partial charge on any atom is 0.247 e. The van der Waals surface area contributed by atoms with Gasteiger partial charge in [0, 0.05) is 76.5 Å². The Labute approximate surface area is 219 Å². The van der Waals surface area contributed by atoms with Crippen LogP contribution in [0.15, 0.2) is 24.3 Å². The fourth-order valence-corrected chi connectivity index (χ4v) is 6.05. The third kappa shape index (κ3) is 5.49. The fraction of sp³-hybridized carbons (Fsp3) is 0.667. The molecule has 0 saturated carbocycles. The van der Waals surface area contributed by atoms with Crippen LogP contribution in [0.2, 0.25) is 5.02 Å². The first-order valence-electron chi connectivity index (χ1n) is 13.1. The number of hydrogen-bond acceptors (Lipinski definition) is 5. The van der Waals surface area contributed by atoms with Crippen molar-refractivity contribution in [2.45, 2.75) is 58.0 Å². The van der Waals surface area contributed by atoms with Gasteiger partial charge in [-0.25, -0.2) is 0 Å². The summed E-state index contributed by atoms with van der Waals surface area (Å²) in [5, 5.41) is 4.02. The summed E-state index contributed by atoms with van der Waals surface area (Å²) in [6, 6.07) is 8.21. The third-order valence-corrected chi connectivity index (χ3v) is 8.87. The van der Waals surface area contributed by atoms with E-state index in [1.807, 2.05) is 23.1 Å². The molecular weight excluding hydrogens is 478 g/mol. The van der Waals surface area contributed by atoms with Crippen molar-refractivity contribution in [1.82, 2.24) is 20.0 Å². The maximum atomic E-state index is 13.1. The predicted molar refractivity (Wildman–Crippen MR) is 142 cm³/mol. The van der Waals surface area contributed by atoms with Crippen LogP contribution in [-0.2, 0) is 14.4 Å². The summed E-state index contributed by atoms with van der Waals surface area (Å²) in [4.78, 5) is 46.1. The van der Waals surface area contributed by atoms with Crippen molar-refractivity contribution in [3.05, 3.63) is 29.3 Å². The van der Waals surface area contributed by atoms with E-state index in [0.29, 0.717) is 25.9 Å². The smallest absolute Gasteiger partial charge is 0.247 e. The van der Waals surface area contributed by atoms with Crippen LogP contribution in [-0.4, -0.2) is 96.9 Å². The van der Waals surface area contributed by atoms with Crippen LogP contribution in [0, 0.1) is 5.41 Å². The minimum Gasteiger partial charge on any atom is -0.369 e. The summed E-state index contributed by atoms with van der Waals surface area (Å²) in [5.74, 6) is -0.0434. The van der Waals surface area contributed by atoms with Crippen molar-refractivity contribution < 1.29 is 14.4 Å². The average molecular weight is 518 g/mol. The molecule has 36 heavy (non-hydrogen) atoms. The van der Waals surface area contributed by atoms with E-state index >= 15 is 0 Å². The molecule has 3 aliphatic heterocycles. The van der Waals surface area contributed by atoms with Gasteiger partial charge in [-0.3, -0.25) is 19.3 Å². The lowest BCUT2D eigenvalue weighted by Crippen LogP contribution is -2.58. The van der Waals surface area contributed by atoms with Crippen LogP contribution >= 0.6 is 11.6 Å². The number of rotatable bonds is 6. The highest BCUT2D eigenvalue weighted by Gasteiger charge is 2.50. The molecule has 198 valence electrons. The zero-order valence-corrected chi connectivity index (χ0v) is 22.8. The van der Waals surface area contributed by atoms with Gasteiger partial charge in [-0.2, -0.15) is 0 Å². The molecule has 1 N–H and O–H groups in total. The molecule has 1 spiro atoms. The van der Waals surface area contributed by atoms with Crippen LogP contribution in [0.5, 0.6) is 0 Å². The predicted octanol–water partition coefficient (Wildman–Crippen LogP) is 2.61. The van der Waals surface area contributed by atoms with Gasteiger partial charge in [-0.15, -0.1) is 0 Å². The number of carbonyl (C=O) groups is 3. The van der Waals surface area contributed by atoms with E-state index in [1.165, 1.54) is 17.5 Å². The Balaban J connectivity index is 1.24. The first-order chi connectivity index (χ1) is 17.0. The van der Waals surface area contributed by atoms with Crippen molar-refractivity contribution in [1.29, 1.82) is 0 Å². The number of anilines is 1. The highest BCUT2D eigenvalue weighted by atomic mass is 35.5. The molecule has 3 fully saturated rings. The lowest BCUT2D eigenvalue weighted by molar-refractivity contribution is -0.152. The van der Waals surface area contributed by atoms with Crippen LogP contribution < -0.4 is 10.2 Å². The van der Waals surface area contributed by atoms with Crippen molar-refractivity contribution in [2.24, 2.45) is 5.41 Å². The Morgan fingerprint density at radius 3 is 2.42 bits per heavy atom. The number of benzene rings is 1. The number of nitrogens with one attached hydrogen (secondary N) is 1. The highest BCUT2D eigenvalue weighted by Crippen LogP contribution is 2.41. The Morgan fingerprint density at radius 1 is 1.14 bits per heavy atom. The Bertz CT molecular complexity index is 983. The molecular formula is C27H40ClN5O3. The van der Waals surface area contributed by atoms with Crippen molar-refractivity contribution in [3.63, 3.8) is 0 Å². The number of nitrogens with zero attached hydrogens (tertiary/aromatic N) is 4. The van der Waals surface area contributed by atoms with Crippen molar-refractivity contribution in [2.75, 3.05) is 57.8 Å². The van der Waals surface area contributed by atoms with E-state index in [1.54, 1.807) is 20.9 Å². The lowest BCUT2D eigenvalue weighted by atomic mass is 9.75. The van der Waals surface area contributed by atoms with Crippen molar-refractivity contribution in [3.8, 4) is 0 Å². The summed E-state index contributed by atoms with van der Waals surface area (Å²) < 4.78 is 0. The van der Waals surface area contributed by atoms with Gasteiger partial charge in [0.15, 0.2) is 0 Å². The molecule has 0 unspecified atom stereocenters. The summed E-state index contributed by atoms with van der Waals surface area (Å²) in [7, 11) is 1.66. The summed E-state index contributed by atoms with van der Waals surface area (Å²) in [6.45, 7) is 11.1. The molecule has 3 aliphatic rings. The number of likely N-dealkylation sites (tertiary alicyclic amines) is 1. The van der Waals surface area contributed by atoms with Crippen LogP contribution in [0.1, 0.15) is 46.5 Å².